The fraction of sp³-hybridized carbons (Fsp3) is 0.440. The van der Waals surface area contributed by atoms with Crippen molar-refractivity contribution in [3.8, 4) is 23.0 Å². The van der Waals surface area contributed by atoms with Gasteiger partial charge in [-0.15, -0.1) is 0 Å². The third-order valence-electron chi connectivity index (χ3n) is 5.52. The van der Waals surface area contributed by atoms with E-state index >= 15 is 0 Å². The summed E-state index contributed by atoms with van der Waals surface area (Å²) >= 11 is 0. The van der Waals surface area contributed by atoms with Crippen molar-refractivity contribution < 1.29 is 18.9 Å². The van der Waals surface area contributed by atoms with Crippen LogP contribution in [0.25, 0.3) is 6.08 Å². The van der Waals surface area contributed by atoms with Crippen molar-refractivity contribution in [2.24, 2.45) is 0 Å². The summed E-state index contributed by atoms with van der Waals surface area (Å²) in [6.07, 6.45) is 7.45. The molecule has 1 heterocycles. The van der Waals surface area contributed by atoms with Gasteiger partial charge in [0.25, 0.3) is 0 Å². The number of rotatable bonds is 9. The van der Waals surface area contributed by atoms with Gasteiger partial charge in [0.15, 0.2) is 23.0 Å². The Hall–Kier alpha value is -2.66. The number of ether oxygens (including phenoxy) is 4. The van der Waals surface area contributed by atoms with E-state index in [1.165, 1.54) is 11.1 Å². The lowest BCUT2D eigenvalue weighted by Crippen LogP contribution is -2.28. The van der Waals surface area contributed by atoms with Crippen LogP contribution >= 0.6 is 0 Å². The molecule has 5 nitrogen and oxygen atoms in total. The van der Waals surface area contributed by atoms with Crippen LogP contribution in [0.3, 0.4) is 0 Å². The Morgan fingerprint density at radius 1 is 0.967 bits per heavy atom. The topological polar surface area (TPSA) is 49.0 Å². The van der Waals surface area contributed by atoms with Gasteiger partial charge in [-0.3, -0.25) is 0 Å². The van der Waals surface area contributed by atoms with E-state index < -0.39 is 0 Å². The monoisotopic (exact) mass is 411 g/mol. The van der Waals surface area contributed by atoms with E-state index in [1.807, 2.05) is 6.07 Å². The number of hydrogen-bond acceptors (Lipinski definition) is 5. The number of hydrogen-bond donors (Lipinski definition) is 1. The van der Waals surface area contributed by atoms with Crippen LogP contribution in [0.4, 0.5) is 0 Å². The number of fused-ring (bicyclic) bond motifs is 1. The van der Waals surface area contributed by atoms with Gasteiger partial charge in [-0.05, 0) is 66.3 Å². The molecule has 5 heteroatoms. The zero-order valence-electron chi connectivity index (χ0n) is 18.7. The Balaban J connectivity index is 1.88. The minimum Gasteiger partial charge on any atom is -0.493 e. The molecule has 2 aromatic carbocycles. The Kier molecular flexibility index (Phi) is 7.63. The highest BCUT2D eigenvalue weighted by atomic mass is 16.5. The first-order chi connectivity index (χ1) is 14.6. The average molecular weight is 412 g/mol. The average Bonchev–Trinajstić information content (AvgIpc) is 2.77. The van der Waals surface area contributed by atoms with Crippen LogP contribution in [-0.4, -0.2) is 34.5 Å². The molecule has 1 atom stereocenters. The lowest BCUT2D eigenvalue weighted by Gasteiger charge is -2.26. The molecule has 30 heavy (non-hydrogen) atoms. The van der Waals surface area contributed by atoms with Crippen LogP contribution in [0.2, 0.25) is 0 Å². The number of aryl methyl sites for hydroxylation is 1. The maximum Gasteiger partial charge on any atom is 0.161 e. The molecular weight excluding hydrogens is 378 g/mol. The van der Waals surface area contributed by atoms with Crippen LogP contribution in [0, 0.1) is 6.92 Å². The quantitative estimate of drug-likeness (QED) is 0.582. The van der Waals surface area contributed by atoms with E-state index in [2.05, 4.69) is 49.5 Å². The molecule has 0 aliphatic carbocycles. The van der Waals surface area contributed by atoms with E-state index in [-0.39, 0.29) is 6.04 Å². The largest absolute Gasteiger partial charge is 0.493 e. The van der Waals surface area contributed by atoms with E-state index in [0.717, 1.165) is 59.9 Å². The molecule has 0 saturated heterocycles. The van der Waals surface area contributed by atoms with Crippen LogP contribution < -0.4 is 24.3 Å². The molecule has 0 fully saturated rings. The predicted molar refractivity (Wildman–Crippen MR) is 121 cm³/mol. The summed E-state index contributed by atoms with van der Waals surface area (Å²) in [5.74, 6) is 3.10. The molecule has 1 aliphatic rings. The number of methoxy groups -OCH3 is 3. The Morgan fingerprint density at radius 2 is 1.67 bits per heavy atom. The fourth-order valence-corrected chi connectivity index (χ4v) is 3.74. The minimum atomic E-state index is 0.111. The molecule has 0 bridgehead atoms. The summed E-state index contributed by atoms with van der Waals surface area (Å²) in [6, 6.07) is 8.39. The molecule has 1 aliphatic heterocycles. The zero-order valence-corrected chi connectivity index (χ0v) is 18.7. The third-order valence-corrected chi connectivity index (χ3v) is 5.52. The Labute approximate surface area is 180 Å². The lowest BCUT2D eigenvalue weighted by molar-refractivity contribution is 0.288. The summed E-state index contributed by atoms with van der Waals surface area (Å²) in [5, 5.41) is 3.59. The Bertz CT molecular complexity index is 891. The van der Waals surface area contributed by atoms with Crippen molar-refractivity contribution in [1.82, 2.24) is 5.32 Å². The van der Waals surface area contributed by atoms with Crippen molar-refractivity contribution >= 4 is 6.08 Å². The summed E-state index contributed by atoms with van der Waals surface area (Å²) < 4.78 is 22.5. The summed E-state index contributed by atoms with van der Waals surface area (Å²) in [6.45, 7) is 5.86. The van der Waals surface area contributed by atoms with Crippen LogP contribution in [0.1, 0.15) is 48.1 Å². The SMILES string of the molecule is CCCCOc1cc(/C=C/C2NCCc3cc(OC)c(OC)cc32)c(C)cc1OC. The molecular formula is C25H33NO4. The first kappa shape index (κ1) is 22.0. The first-order valence-corrected chi connectivity index (χ1v) is 10.6. The van der Waals surface area contributed by atoms with Gasteiger partial charge in [0.05, 0.1) is 34.0 Å². The van der Waals surface area contributed by atoms with E-state index in [9.17, 15) is 0 Å². The number of unbranched alkanes of at least 4 members (excludes halogenated alkanes) is 1. The maximum atomic E-state index is 5.96. The second-order valence-corrected chi connectivity index (χ2v) is 7.51. The van der Waals surface area contributed by atoms with Gasteiger partial charge in [-0.25, -0.2) is 0 Å². The van der Waals surface area contributed by atoms with E-state index in [1.54, 1.807) is 21.3 Å². The normalized spacial score (nSPS) is 15.7. The van der Waals surface area contributed by atoms with Crippen LogP contribution in [0.5, 0.6) is 23.0 Å². The molecule has 162 valence electrons. The standard InChI is InChI=1S/C25H33NO4/c1-6-7-12-30-25-14-18(17(2)13-22(25)27-3)8-9-21-20-16-24(29-5)23(28-4)15-19(20)10-11-26-21/h8-9,13-16,21,26H,6-7,10-12H2,1-5H3/b9-8+. The smallest absolute Gasteiger partial charge is 0.161 e. The molecule has 3 rings (SSSR count). The van der Waals surface area contributed by atoms with Crippen LogP contribution in [-0.2, 0) is 6.42 Å². The van der Waals surface area contributed by atoms with Crippen molar-refractivity contribution in [3.05, 3.63) is 52.6 Å². The number of benzene rings is 2. The summed E-state index contributed by atoms with van der Waals surface area (Å²) in [7, 11) is 5.03. The molecule has 0 saturated carbocycles. The molecule has 0 amide bonds. The highest BCUT2D eigenvalue weighted by molar-refractivity contribution is 5.61. The highest BCUT2D eigenvalue weighted by Gasteiger charge is 2.21. The lowest BCUT2D eigenvalue weighted by atomic mass is 9.92. The van der Waals surface area contributed by atoms with Crippen LogP contribution in [0.15, 0.2) is 30.3 Å². The zero-order chi connectivity index (χ0) is 21.5. The van der Waals surface area contributed by atoms with Gasteiger partial charge in [0.1, 0.15) is 0 Å². The van der Waals surface area contributed by atoms with Gasteiger partial charge in [0, 0.05) is 6.54 Å². The van der Waals surface area contributed by atoms with E-state index in [4.69, 9.17) is 18.9 Å². The van der Waals surface area contributed by atoms with Gasteiger partial charge in [-0.1, -0.05) is 25.5 Å². The summed E-state index contributed by atoms with van der Waals surface area (Å²) in [4.78, 5) is 0. The predicted octanol–water partition coefficient (Wildman–Crippen LogP) is 5.10. The van der Waals surface area contributed by atoms with Gasteiger partial charge in [-0.2, -0.15) is 0 Å². The highest BCUT2D eigenvalue weighted by Crippen LogP contribution is 2.36. The van der Waals surface area contributed by atoms with Crippen molar-refractivity contribution in [3.63, 3.8) is 0 Å². The van der Waals surface area contributed by atoms with E-state index in [0.29, 0.717) is 6.61 Å². The molecule has 1 N–H and O–H groups in total. The maximum absolute atomic E-state index is 5.96. The second kappa shape index (κ2) is 10.4. The first-order valence-electron chi connectivity index (χ1n) is 10.6. The summed E-state index contributed by atoms with van der Waals surface area (Å²) in [5.41, 5.74) is 4.78. The van der Waals surface area contributed by atoms with Gasteiger partial charge in [0.2, 0.25) is 0 Å². The number of nitrogens with one attached hydrogen (secondary N) is 1. The third kappa shape index (κ3) is 4.90. The minimum absolute atomic E-state index is 0.111. The molecule has 0 aromatic heterocycles. The Morgan fingerprint density at radius 3 is 2.37 bits per heavy atom. The van der Waals surface area contributed by atoms with Gasteiger partial charge < -0.3 is 24.3 Å². The van der Waals surface area contributed by atoms with Crippen molar-refractivity contribution in [2.75, 3.05) is 34.5 Å². The second-order valence-electron chi connectivity index (χ2n) is 7.51. The molecule has 0 spiro atoms. The van der Waals surface area contributed by atoms with Crippen molar-refractivity contribution in [2.45, 2.75) is 39.2 Å². The van der Waals surface area contributed by atoms with Crippen molar-refractivity contribution in [1.29, 1.82) is 0 Å². The fourth-order valence-electron chi connectivity index (χ4n) is 3.74. The molecule has 1 unspecified atom stereocenters. The van der Waals surface area contributed by atoms with Gasteiger partial charge >= 0.3 is 0 Å². The molecule has 2 aromatic rings. The molecule has 0 radical (unpaired) electrons.